The zero-order valence-electron chi connectivity index (χ0n) is 12.6. The lowest BCUT2D eigenvalue weighted by Crippen LogP contribution is -2.42. The minimum absolute atomic E-state index is 0.114. The van der Waals surface area contributed by atoms with E-state index in [9.17, 15) is 13.2 Å². The van der Waals surface area contributed by atoms with Gasteiger partial charge >= 0.3 is 0 Å². The van der Waals surface area contributed by atoms with E-state index in [0.29, 0.717) is 0 Å². The highest BCUT2D eigenvalue weighted by Crippen LogP contribution is 2.13. The number of hydrogen-bond acceptors (Lipinski definition) is 3. The standard InChI is InChI=1S/C17H17ClNO3S/c1-13-7-9-15(10-8-13)23(21,22)19-16(17(20)12-18)11-14-5-3-2-4-6-14/h2-10,12,16,19H,11H2,1H3/t16-/m0/s1. The van der Waals surface area contributed by atoms with Crippen molar-refractivity contribution in [2.45, 2.75) is 24.3 Å². The van der Waals surface area contributed by atoms with Gasteiger partial charge in [-0.1, -0.05) is 48.0 Å². The van der Waals surface area contributed by atoms with E-state index in [4.69, 9.17) is 11.6 Å². The summed E-state index contributed by atoms with van der Waals surface area (Å²) in [5.41, 5.74) is 1.80. The summed E-state index contributed by atoms with van der Waals surface area (Å²) in [5.74, 6) is 0.386. The summed E-state index contributed by atoms with van der Waals surface area (Å²) in [7, 11) is -3.80. The molecule has 0 heterocycles. The van der Waals surface area contributed by atoms with Gasteiger partial charge < -0.3 is 0 Å². The fourth-order valence-electron chi connectivity index (χ4n) is 2.10. The first kappa shape index (κ1) is 17.7. The number of rotatable bonds is 7. The van der Waals surface area contributed by atoms with E-state index in [2.05, 4.69) is 4.72 Å². The lowest BCUT2D eigenvalue weighted by atomic mass is 10.0. The molecule has 1 atom stereocenters. The van der Waals surface area contributed by atoms with E-state index < -0.39 is 21.8 Å². The monoisotopic (exact) mass is 350 g/mol. The summed E-state index contributed by atoms with van der Waals surface area (Å²) in [5, 5.41) is 0. The molecular formula is C17H17ClNO3S. The normalized spacial score (nSPS) is 12.8. The van der Waals surface area contributed by atoms with E-state index in [-0.39, 0.29) is 11.3 Å². The SMILES string of the molecule is Cc1ccc(S(=O)(=O)N[C@@H](Cc2ccccc2)C(=O)[CH]Cl)cc1. The molecule has 1 radical (unpaired) electrons. The zero-order valence-corrected chi connectivity index (χ0v) is 14.1. The summed E-state index contributed by atoms with van der Waals surface area (Å²) in [6.07, 6.45) is 0.230. The van der Waals surface area contributed by atoms with Crippen LogP contribution in [0.4, 0.5) is 0 Å². The molecule has 2 aromatic carbocycles. The largest absolute Gasteiger partial charge is 0.296 e. The highest BCUT2D eigenvalue weighted by Gasteiger charge is 2.25. The van der Waals surface area contributed by atoms with Crippen molar-refractivity contribution in [3.63, 3.8) is 0 Å². The Hall–Kier alpha value is -1.69. The van der Waals surface area contributed by atoms with Crippen LogP contribution in [-0.4, -0.2) is 20.2 Å². The van der Waals surface area contributed by atoms with Gasteiger partial charge in [-0.2, -0.15) is 0 Å². The minimum atomic E-state index is -3.80. The van der Waals surface area contributed by atoms with Crippen LogP contribution >= 0.6 is 11.6 Å². The van der Waals surface area contributed by atoms with Crippen LogP contribution in [0.2, 0.25) is 0 Å². The van der Waals surface area contributed by atoms with Crippen molar-refractivity contribution in [1.29, 1.82) is 0 Å². The van der Waals surface area contributed by atoms with Crippen LogP contribution in [-0.2, 0) is 21.2 Å². The molecule has 0 fully saturated rings. The van der Waals surface area contributed by atoms with Crippen molar-refractivity contribution in [3.8, 4) is 0 Å². The summed E-state index contributed by atoms with van der Waals surface area (Å²) >= 11 is 5.50. The molecule has 0 aromatic heterocycles. The number of aryl methyl sites for hydroxylation is 1. The smallest absolute Gasteiger partial charge is 0.241 e. The quantitative estimate of drug-likeness (QED) is 0.835. The van der Waals surface area contributed by atoms with Gasteiger partial charge in [0.15, 0.2) is 5.78 Å². The predicted octanol–water partition coefficient (Wildman–Crippen LogP) is 2.85. The minimum Gasteiger partial charge on any atom is -0.296 e. The molecule has 1 N–H and O–H groups in total. The predicted molar refractivity (Wildman–Crippen MR) is 90.6 cm³/mol. The van der Waals surface area contributed by atoms with E-state index in [1.807, 2.05) is 37.3 Å². The van der Waals surface area contributed by atoms with E-state index >= 15 is 0 Å². The maximum absolute atomic E-state index is 12.4. The summed E-state index contributed by atoms with van der Waals surface area (Å²) < 4.78 is 27.3. The second-order valence-electron chi connectivity index (χ2n) is 5.19. The molecule has 0 aliphatic heterocycles. The van der Waals surface area contributed by atoms with E-state index in [0.717, 1.165) is 17.0 Å². The van der Waals surface area contributed by atoms with Gasteiger partial charge in [-0.15, -0.1) is 11.6 Å². The first-order chi connectivity index (χ1) is 10.9. The molecule has 2 rings (SSSR count). The lowest BCUT2D eigenvalue weighted by molar-refractivity contribution is -0.116. The van der Waals surface area contributed by atoms with Crippen LogP contribution in [0, 0.1) is 12.8 Å². The molecule has 2 aromatic rings. The van der Waals surface area contributed by atoms with E-state index in [1.54, 1.807) is 12.1 Å². The molecule has 0 spiro atoms. The Kier molecular flexibility index (Phi) is 5.93. The molecule has 4 nitrogen and oxygen atoms in total. The number of halogens is 1. The van der Waals surface area contributed by atoms with Crippen molar-refractivity contribution in [2.75, 3.05) is 0 Å². The van der Waals surface area contributed by atoms with Crippen molar-refractivity contribution >= 4 is 27.4 Å². The van der Waals surface area contributed by atoms with Crippen LogP contribution in [0.1, 0.15) is 11.1 Å². The number of ketones is 1. The van der Waals surface area contributed by atoms with E-state index in [1.165, 1.54) is 12.1 Å². The van der Waals surface area contributed by atoms with Gasteiger partial charge in [0, 0.05) is 0 Å². The van der Waals surface area contributed by atoms with Gasteiger partial charge in [0.05, 0.1) is 10.9 Å². The fraction of sp³-hybridized carbons (Fsp3) is 0.176. The average Bonchev–Trinajstić information content (AvgIpc) is 2.54. The highest BCUT2D eigenvalue weighted by atomic mass is 35.5. The molecule has 0 unspecified atom stereocenters. The Morgan fingerprint density at radius 3 is 2.30 bits per heavy atom. The van der Waals surface area contributed by atoms with Crippen LogP contribution in [0.5, 0.6) is 0 Å². The van der Waals surface area contributed by atoms with Gasteiger partial charge in [-0.05, 0) is 31.0 Å². The number of hydrogen-bond donors (Lipinski definition) is 1. The average molecular weight is 351 g/mol. The van der Waals surface area contributed by atoms with Crippen LogP contribution < -0.4 is 4.72 Å². The molecule has 0 aliphatic rings. The van der Waals surface area contributed by atoms with Crippen molar-refractivity contribution < 1.29 is 13.2 Å². The summed E-state index contributed by atoms with van der Waals surface area (Å²) in [6, 6.07) is 14.6. The van der Waals surface area contributed by atoms with Crippen LogP contribution in [0.15, 0.2) is 59.5 Å². The Labute approximate surface area is 141 Å². The number of nitrogens with one attached hydrogen (secondary N) is 1. The first-order valence-electron chi connectivity index (χ1n) is 7.02. The number of carbonyl (C=O) groups excluding carboxylic acids is 1. The Morgan fingerprint density at radius 2 is 1.74 bits per heavy atom. The maximum Gasteiger partial charge on any atom is 0.241 e. The maximum atomic E-state index is 12.4. The fourth-order valence-corrected chi connectivity index (χ4v) is 3.46. The number of Topliss-reactive ketones (excluding diaryl/α,β-unsaturated/α-hetero) is 1. The van der Waals surface area contributed by atoms with Gasteiger partial charge in [0.25, 0.3) is 0 Å². The molecule has 121 valence electrons. The van der Waals surface area contributed by atoms with Crippen molar-refractivity contribution in [1.82, 2.24) is 4.72 Å². The molecule has 23 heavy (non-hydrogen) atoms. The summed E-state index contributed by atoms with van der Waals surface area (Å²) in [4.78, 5) is 12.1. The van der Waals surface area contributed by atoms with Gasteiger partial charge in [0.2, 0.25) is 10.0 Å². The number of sulfonamides is 1. The molecule has 6 heteroatoms. The van der Waals surface area contributed by atoms with Gasteiger partial charge in [0.1, 0.15) is 5.88 Å². The van der Waals surface area contributed by atoms with Crippen LogP contribution in [0.3, 0.4) is 0 Å². The topological polar surface area (TPSA) is 63.2 Å². The number of benzene rings is 2. The third-order valence-electron chi connectivity index (χ3n) is 3.36. The Bertz CT molecular complexity index is 758. The summed E-state index contributed by atoms with van der Waals surface area (Å²) in [6.45, 7) is 1.87. The second kappa shape index (κ2) is 7.73. The van der Waals surface area contributed by atoms with Crippen molar-refractivity contribution in [2.24, 2.45) is 0 Å². The second-order valence-corrected chi connectivity index (χ2v) is 7.12. The zero-order chi connectivity index (χ0) is 16.9. The highest BCUT2D eigenvalue weighted by molar-refractivity contribution is 7.89. The Morgan fingerprint density at radius 1 is 1.13 bits per heavy atom. The third kappa shape index (κ3) is 4.89. The Balaban J connectivity index is 2.23. The van der Waals surface area contributed by atoms with Crippen molar-refractivity contribution in [3.05, 3.63) is 71.6 Å². The third-order valence-corrected chi connectivity index (χ3v) is 5.06. The molecule has 0 amide bonds. The van der Waals surface area contributed by atoms with Crippen LogP contribution in [0.25, 0.3) is 0 Å². The molecule has 0 saturated carbocycles. The van der Waals surface area contributed by atoms with Gasteiger partial charge in [-0.3, -0.25) is 4.79 Å². The molecule has 0 saturated heterocycles. The van der Waals surface area contributed by atoms with Gasteiger partial charge in [-0.25, -0.2) is 13.1 Å². The first-order valence-corrected chi connectivity index (χ1v) is 8.94. The molecule has 0 bridgehead atoms. The lowest BCUT2D eigenvalue weighted by Gasteiger charge is -2.17. The number of carbonyl (C=O) groups is 1. The molecular weight excluding hydrogens is 334 g/mol. The molecule has 0 aliphatic carbocycles.